The maximum Gasteiger partial charge on any atom is 0.311 e. The Morgan fingerprint density at radius 3 is 2.82 bits per heavy atom. The normalized spacial score (nSPS) is 29.5. The number of nitrogens with one attached hydrogen (secondary N) is 1. The van der Waals surface area contributed by atoms with Crippen molar-refractivity contribution in [2.45, 2.75) is 58.0 Å². The van der Waals surface area contributed by atoms with Gasteiger partial charge in [-0.1, -0.05) is 55.0 Å². The van der Waals surface area contributed by atoms with Gasteiger partial charge in [0.05, 0.1) is 12.2 Å². The molecule has 1 aromatic carbocycles. The van der Waals surface area contributed by atoms with Gasteiger partial charge < -0.3 is 14.5 Å². The van der Waals surface area contributed by atoms with Crippen LogP contribution in [0, 0.1) is 17.3 Å². The molecule has 1 fully saturated rings. The van der Waals surface area contributed by atoms with E-state index >= 15 is 0 Å². The lowest BCUT2D eigenvalue weighted by molar-refractivity contribution is -0.145. The van der Waals surface area contributed by atoms with E-state index in [2.05, 4.69) is 67.7 Å². The minimum Gasteiger partial charge on any atom is -0.469 e. The van der Waals surface area contributed by atoms with Crippen LogP contribution in [0.15, 0.2) is 76.4 Å². The molecule has 1 aliphatic heterocycles. The molecule has 5 rings (SSSR count). The van der Waals surface area contributed by atoms with Crippen LogP contribution in [0.5, 0.6) is 0 Å². The molecule has 1 N–H and O–H groups in total. The number of carbonyl (C=O) groups excluding carboxylic acids is 1. The van der Waals surface area contributed by atoms with Crippen molar-refractivity contribution in [3.8, 4) is 0 Å². The second-order valence-corrected chi connectivity index (χ2v) is 10.3. The summed E-state index contributed by atoms with van der Waals surface area (Å²) < 4.78 is 11.6. The Hall–Kier alpha value is -2.59. The summed E-state index contributed by atoms with van der Waals surface area (Å²) in [5, 5.41) is 3.58. The first-order valence-electron chi connectivity index (χ1n) is 12.4. The summed E-state index contributed by atoms with van der Waals surface area (Å²) in [6.45, 7) is 6.06. The Morgan fingerprint density at radius 2 is 2.03 bits per heavy atom. The lowest BCUT2D eigenvalue weighted by Crippen LogP contribution is -2.38. The van der Waals surface area contributed by atoms with E-state index in [1.165, 1.54) is 16.7 Å². The average molecular weight is 446 g/mol. The van der Waals surface area contributed by atoms with Gasteiger partial charge in [-0.15, -0.1) is 0 Å². The second-order valence-electron chi connectivity index (χ2n) is 10.3. The van der Waals surface area contributed by atoms with Gasteiger partial charge in [0, 0.05) is 18.4 Å². The van der Waals surface area contributed by atoms with Crippen LogP contribution in [0.2, 0.25) is 0 Å². The fraction of sp³-hybridized carbons (Fsp3) is 0.483. The minimum atomic E-state index is -0.0991. The zero-order valence-corrected chi connectivity index (χ0v) is 19.8. The molecule has 2 heterocycles. The zero-order valence-electron chi connectivity index (χ0n) is 19.8. The summed E-state index contributed by atoms with van der Waals surface area (Å²) >= 11 is 0. The van der Waals surface area contributed by atoms with Crippen LogP contribution in [0.4, 0.5) is 0 Å². The van der Waals surface area contributed by atoms with Gasteiger partial charge in [-0.05, 0) is 74.3 Å². The maximum absolute atomic E-state index is 12.8. The van der Waals surface area contributed by atoms with Gasteiger partial charge in [0.1, 0.15) is 11.9 Å². The van der Waals surface area contributed by atoms with Crippen molar-refractivity contribution >= 4 is 5.97 Å². The number of carbonyl (C=O) groups is 1. The van der Waals surface area contributed by atoms with E-state index in [1.807, 2.05) is 6.07 Å². The molecule has 33 heavy (non-hydrogen) atoms. The average Bonchev–Trinajstić information content (AvgIpc) is 3.43. The van der Waals surface area contributed by atoms with Crippen LogP contribution in [-0.4, -0.2) is 25.2 Å². The SMILES string of the molecule is CC1=CCCC2(C)CC3OC(=O)C(CNCCC(Cc4ccccc4)c4ccco4)C3C=C12. The van der Waals surface area contributed by atoms with Crippen molar-refractivity contribution in [2.24, 2.45) is 17.3 Å². The van der Waals surface area contributed by atoms with Crippen LogP contribution >= 0.6 is 0 Å². The number of allylic oxidation sites excluding steroid dienone is 3. The molecule has 2 aliphatic carbocycles. The van der Waals surface area contributed by atoms with Crippen LogP contribution in [0.25, 0.3) is 0 Å². The van der Waals surface area contributed by atoms with Crippen molar-refractivity contribution in [3.05, 3.63) is 83.3 Å². The van der Waals surface area contributed by atoms with Crippen LogP contribution in [-0.2, 0) is 16.0 Å². The van der Waals surface area contributed by atoms with E-state index in [9.17, 15) is 4.79 Å². The molecule has 2 aromatic rings. The molecule has 4 nitrogen and oxygen atoms in total. The van der Waals surface area contributed by atoms with Gasteiger partial charge in [0.2, 0.25) is 0 Å². The third-order valence-corrected chi connectivity index (χ3v) is 8.00. The van der Waals surface area contributed by atoms with Crippen molar-refractivity contribution in [1.82, 2.24) is 5.32 Å². The predicted octanol–water partition coefficient (Wildman–Crippen LogP) is 5.82. The van der Waals surface area contributed by atoms with E-state index in [0.29, 0.717) is 12.5 Å². The highest BCUT2D eigenvalue weighted by molar-refractivity contribution is 5.76. The first kappa shape index (κ1) is 22.2. The molecule has 5 unspecified atom stereocenters. The topological polar surface area (TPSA) is 51.5 Å². The van der Waals surface area contributed by atoms with Crippen LogP contribution in [0.1, 0.15) is 56.8 Å². The number of rotatable bonds is 8. The third kappa shape index (κ3) is 4.59. The van der Waals surface area contributed by atoms with Crippen LogP contribution < -0.4 is 5.32 Å². The number of hydrogen-bond acceptors (Lipinski definition) is 4. The van der Waals surface area contributed by atoms with E-state index in [4.69, 9.17) is 9.15 Å². The fourth-order valence-electron chi connectivity index (χ4n) is 6.16. The standard InChI is InChI=1S/C29H35NO3/c1-20-8-6-13-29(2)18-27-23(17-25(20)29)24(28(31)33-27)19-30-14-12-22(26-11-7-15-32-26)16-21-9-4-3-5-10-21/h3-5,7-11,15,17,22-24,27,30H,6,12-14,16,18-19H2,1-2H3. The Bertz CT molecular complexity index is 1020. The van der Waals surface area contributed by atoms with E-state index in [-0.39, 0.29) is 29.3 Å². The van der Waals surface area contributed by atoms with Crippen molar-refractivity contribution in [3.63, 3.8) is 0 Å². The molecule has 0 amide bonds. The number of furan rings is 1. The molecule has 174 valence electrons. The lowest BCUT2D eigenvalue weighted by atomic mass is 9.62. The quantitative estimate of drug-likeness (QED) is 0.411. The smallest absolute Gasteiger partial charge is 0.311 e. The van der Waals surface area contributed by atoms with Gasteiger partial charge in [0.25, 0.3) is 0 Å². The molecule has 0 radical (unpaired) electrons. The number of hydrogen-bond donors (Lipinski definition) is 1. The van der Waals surface area contributed by atoms with Gasteiger partial charge >= 0.3 is 5.97 Å². The Labute approximate surface area is 197 Å². The zero-order chi connectivity index (χ0) is 22.8. The highest BCUT2D eigenvalue weighted by atomic mass is 16.6. The monoisotopic (exact) mass is 445 g/mol. The second kappa shape index (κ2) is 9.34. The van der Waals surface area contributed by atoms with Gasteiger partial charge in [0.15, 0.2) is 0 Å². The first-order valence-corrected chi connectivity index (χ1v) is 12.4. The van der Waals surface area contributed by atoms with Crippen molar-refractivity contribution in [2.75, 3.05) is 13.1 Å². The highest BCUT2D eigenvalue weighted by Crippen LogP contribution is 2.52. The van der Waals surface area contributed by atoms with Crippen molar-refractivity contribution < 1.29 is 13.9 Å². The van der Waals surface area contributed by atoms with Crippen molar-refractivity contribution in [1.29, 1.82) is 0 Å². The molecule has 1 saturated heterocycles. The molecule has 0 bridgehead atoms. The minimum absolute atomic E-state index is 0.0258. The molecule has 0 saturated carbocycles. The Balaban J connectivity index is 1.21. The van der Waals surface area contributed by atoms with Crippen LogP contribution in [0.3, 0.4) is 0 Å². The molecule has 1 aromatic heterocycles. The Morgan fingerprint density at radius 1 is 1.18 bits per heavy atom. The third-order valence-electron chi connectivity index (χ3n) is 8.00. The number of esters is 1. The summed E-state index contributed by atoms with van der Waals surface area (Å²) in [4.78, 5) is 12.8. The lowest BCUT2D eigenvalue weighted by Gasteiger charge is -2.42. The molecule has 5 atom stereocenters. The van der Waals surface area contributed by atoms with E-state index < -0.39 is 0 Å². The largest absolute Gasteiger partial charge is 0.469 e. The highest BCUT2D eigenvalue weighted by Gasteiger charge is 2.50. The summed E-state index contributed by atoms with van der Waals surface area (Å²) in [5.41, 5.74) is 4.29. The van der Waals surface area contributed by atoms with Gasteiger partial charge in [-0.25, -0.2) is 0 Å². The summed E-state index contributed by atoms with van der Waals surface area (Å²) in [6.07, 6.45) is 11.6. The maximum atomic E-state index is 12.8. The van der Waals surface area contributed by atoms with E-state index in [0.717, 1.165) is 44.4 Å². The summed E-state index contributed by atoms with van der Waals surface area (Å²) in [5.74, 6) is 1.38. The summed E-state index contributed by atoms with van der Waals surface area (Å²) in [7, 11) is 0. The fourth-order valence-corrected chi connectivity index (χ4v) is 6.16. The molecular formula is C29H35NO3. The first-order chi connectivity index (χ1) is 16.0. The molecule has 4 heteroatoms. The predicted molar refractivity (Wildman–Crippen MR) is 130 cm³/mol. The molecule has 0 spiro atoms. The Kier molecular flexibility index (Phi) is 6.29. The number of benzene rings is 1. The van der Waals surface area contributed by atoms with Gasteiger partial charge in [-0.2, -0.15) is 0 Å². The number of ether oxygens (including phenoxy) is 1. The summed E-state index contributed by atoms with van der Waals surface area (Å²) in [6, 6.07) is 14.6. The number of fused-ring (bicyclic) bond motifs is 2. The molecular weight excluding hydrogens is 410 g/mol. The molecule has 3 aliphatic rings. The van der Waals surface area contributed by atoms with E-state index in [1.54, 1.807) is 6.26 Å². The van der Waals surface area contributed by atoms with Gasteiger partial charge in [-0.3, -0.25) is 4.79 Å².